The Bertz CT molecular complexity index is 1110. The second kappa shape index (κ2) is 12.7. The van der Waals surface area contributed by atoms with E-state index in [4.69, 9.17) is 9.47 Å². The van der Waals surface area contributed by atoms with E-state index in [2.05, 4.69) is 27.1 Å². The summed E-state index contributed by atoms with van der Waals surface area (Å²) < 4.78 is 74.1. The van der Waals surface area contributed by atoms with Gasteiger partial charge < -0.3 is 19.7 Å². The van der Waals surface area contributed by atoms with Crippen molar-refractivity contribution in [1.82, 2.24) is 14.7 Å². The molecule has 9 nitrogen and oxygen atoms in total. The summed E-state index contributed by atoms with van der Waals surface area (Å²) in [6.45, 7) is 7.84. The number of benzene rings is 1. The maximum Gasteiger partial charge on any atom is 0.511 e. The molecule has 1 atom stereocenters. The Hall–Kier alpha value is -2.64. The maximum atomic E-state index is 12.8. The number of hydrogen-bond acceptors (Lipinski definition) is 8. The van der Waals surface area contributed by atoms with Gasteiger partial charge in [-0.25, -0.2) is 23.1 Å². The number of alkyl halides is 3. The number of anilines is 3. The number of hydrogen-bond donors (Lipinski definition) is 2. The second-order valence-electron chi connectivity index (χ2n) is 8.62. The molecule has 37 heavy (non-hydrogen) atoms. The predicted molar refractivity (Wildman–Crippen MR) is 136 cm³/mol. The molecule has 0 bridgehead atoms. The molecule has 206 valence electrons. The molecule has 3 rings (SSSR count). The zero-order chi connectivity index (χ0) is 27.1. The molecule has 2 heterocycles. The monoisotopic (exact) mass is 545 g/mol. The highest BCUT2D eigenvalue weighted by Crippen LogP contribution is 2.35. The number of halogens is 3. The molecule has 0 unspecified atom stereocenters. The smallest absolute Gasteiger partial charge is 0.464 e. The van der Waals surface area contributed by atoms with Crippen LogP contribution < -0.4 is 19.7 Å². The molecule has 1 aromatic heterocycles. The first-order valence-electron chi connectivity index (χ1n) is 12.4. The first-order chi connectivity index (χ1) is 17.6. The summed E-state index contributed by atoms with van der Waals surface area (Å²) in [5.41, 5.74) is -2.42. The van der Waals surface area contributed by atoms with E-state index >= 15 is 0 Å². The third-order valence-corrected chi connectivity index (χ3v) is 7.43. The van der Waals surface area contributed by atoms with Crippen molar-refractivity contribution in [3.63, 3.8) is 0 Å². The molecule has 0 aliphatic carbocycles. The topological polar surface area (TPSA) is 106 Å². The molecular formula is C24H34F3N5O4S. The molecule has 1 aliphatic rings. The van der Waals surface area contributed by atoms with Crippen molar-refractivity contribution in [2.75, 3.05) is 43.1 Å². The fraction of sp³-hybridized carbons (Fsp3) is 0.583. The SMILES string of the molecule is CCOc1ncc(Nc2cc([C@H](CC)CNS(=O)(=O)C(F)(F)F)ccc2N(CC)C2CCOCC2)cn1. The summed E-state index contributed by atoms with van der Waals surface area (Å²) in [5, 5.41) is 3.34. The van der Waals surface area contributed by atoms with Gasteiger partial charge in [-0.2, -0.15) is 13.2 Å². The van der Waals surface area contributed by atoms with Crippen LogP contribution in [0.15, 0.2) is 30.6 Å². The first-order valence-corrected chi connectivity index (χ1v) is 13.8. The van der Waals surface area contributed by atoms with Crippen molar-refractivity contribution >= 4 is 27.1 Å². The highest BCUT2D eigenvalue weighted by molar-refractivity contribution is 7.90. The van der Waals surface area contributed by atoms with Gasteiger partial charge >= 0.3 is 21.5 Å². The minimum absolute atomic E-state index is 0.252. The molecule has 1 aliphatic heterocycles. The second-order valence-corrected chi connectivity index (χ2v) is 10.4. The van der Waals surface area contributed by atoms with Crippen LogP contribution in [0.3, 0.4) is 0 Å². The normalized spacial score (nSPS) is 15.8. The Balaban J connectivity index is 1.94. The van der Waals surface area contributed by atoms with E-state index in [0.29, 0.717) is 37.5 Å². The average Bonchev–Trinajstić information content (AvgIpc) is 2.87. The van der Waals surface area contributed by atoms with Gasteiger partial charge in [-0.15, -0.1) is 0 Å². The molecule has 1 saturated heterocycles. The van der Waals surface area contributed by atoms with Gasteiger partial charge in [-0.3, -0.25) is 0 Å². The summed E-state index contributed by atoms with van der Waals surface area (Å²) in [4.78, 5) is 10.7. The van der Waals surface area contributed by atoms with E-state index in [1.807, 2.05) is 25.1 Å². The largest absolute Gasteiger partial charge is 0.511 e. The molecule has 0 amide bonds. The lowest BCUT2D eigenvalue weighted by Crippen LogP contribution is -2.40. The van der Waals surface area contributed by atoms with Gasteiger partial charge in [0, 0.05) is 32.3 Å². The van der Waals surface area contributed by atoms with E-state index < -0.39 is 21.4 Å². The zero-order valence-electron chi connectivity index (χ0n) is 21.2. The lowest BCUT2D eigenvalue weighted by atomic mass is 9.95. The third kappa shape index (κ3) is 7.45. The Morgan fingerprint density at radius 2 is 1.84 bits per heavy atom. The minimum Gasteiger partial charge on any atom is -0.464 e. The number of ether oxygens (including phenoxy) is 2. The van der Waals surface area contributed by atoms with Crippen molar-refractivity contribution in [3.8, 4) is 6.01 Å². The van der Waals surface area contributed by atoms with E-state index in [1.165, 1.54) is 0 Å². The lowest BCUT2D eigenvalue weighted by molar-refractivity contribution is -0.0448. The van der Waals surface area contributed by atoms with Crippen LogP contribution >= 0.6 is 0 Å². The summed E-state index contributed by atoms with van der Waals surface area (Å²) in [6.07, 6.45) is 5.36. The summed E-state index contributed by atoms with van der Waals surface area (Å²) in [6, 6.07) is 6.13. The van der Waals surface area contributed by atoms with E-state index in [9.17, 15) is 21.6 Å². The zero-order valence-corrected chi connectivity index (χ0v) is 22.0. The summed E-state index contributed by atoms with van der Waals surface area (Å²) in [7, 11) is -5.43. The van der Waals surface area contributed by atoms with Gasteiger partial charge in [-0.05, 0) is 56.7 Å². The van der Waals surface area contributed by atoms with E-state index in [-0.39, 0.29) is 18.6 Å². The van der Waals surface area contributed by atoms with Crippen LogP contribution in [0.4, 0.5) is 30.2 Å². The highest BCUT2D eigenvalue weighted by atomic mass is 32.2. The van der Waals surface area contributed by atoms with Crippen LogP contribution in [0.5, 0.6) is 6.01 Å². The van der Waals surface area contributed by atoms with Crippen LogP contribution in [0, 0.1) is 0 Å². The predicted octanol–water partition coefficient (Wildman–Crippen LogP) is 4.56. The average molecular weight is 546 g/mol. The van der Waals surface area contributed by atoms with Gasteiger partial charge in [0.1, 0.15) is 0 Å². The van der Waals surface area contributed by atoms with Crippen molar-refractivity contribution in [3.05, 3.63) is 36.2 Å². The van der Waals surface area contributed by atoms with Gasteiger partial charge in [0.05, 0.1) is 36.1 Å². The van der Waals surface area contributed by atoms with Gasteiger partial charge in [0.2, 0.25) is 0 Å². The van der Waals surface area contributed by atoms with Crippen molar-refractivity contribution < 1.29 is 31.1 Å². The number of aromatic nitrogens is 2. The molecule has 0 spiro atoms. The number of nitrogens with zero attached hydrogens (tertiary/aromatic N) is 3. The summed E-state index contributed by atoms with van der Waals surface area (Å²) in [5.74, 6) is -0.471. The maximum absolute atomic E-state index is 12.8. The van der Waals surface area contributed by atoms with Crippen molar-refractivity contribution in [2.45, 2.75) is 57.5 Å². The lowest BCUT2D eigenvalue weighted by Gasteiger charge is -2.37. The van der Waals surface area contributed by atoms with Crippen LogP contribution in [-0.2, 0) is 14.8 Å². The molecule has 2 N–H and O–H groups in total. The third-order valence-electron chi connectivity index (χ3n) is 6.27. The van der Waals surface area contributed by atoms with E-state index in [1.54, 1.807) is 24.0 Å². The number of rotatable bonds is 12. The fourth-order valence-electron chi connectivity index (χ4n) is 4.31. The van der Waals surface area contributed by atoms with Crippen molar-refractivity contribution in [1.29, 1.82) is 0 Å². The molecule has 2 aromatic rings. The minimum atomic E-state index is -5.43. The fourth-order valence-corrected chi connectivity index (χ4v) is 4.89. The Morgan fingerprint density at radius 1 is 1.16 bits per heavy atom. The van der Waals surface area contributed by atoms with Gasteiger partial charge in [-0.1, -0.05) is 13.0 Å². The van der Waals surface area contributed by atoms with Gasteiger partial charge in [0.25, 0.3) is 0 Å². The highest BCUT2D eigenvalue weighted by Gasteiger charge is 2.45. The Labute approximate surface area is 215 Å². The standard InChI is InChI=1S/C24H34F3N5O4S/c1-4-17(14-30-37(33,34)24(25,26)27)18-7-8-22(32(5-2)20-9-11-35-12-10-20)21(13-18)31-19-15-28-23(29-16-19)36-6-3/h7-8,13,15-17,20,30-31H,4-6,9-12,14H2,1-3H3/t17-/m1/s1. The molecule has 1 fully saturated rings. The van der Waals surface area contributed by atoms with E-state index in [0.717, 1.165) is 30.8 Å². The molecular weight excluding hydrogens is 511 g/mol. The van der Waals surface area contributed by atoms with Crippen LogP contribution in [0.1, 0.15) is 51.5 Å². The first kappa shape index (κ1) is 28.9. The van der Waals surface area contributed by atoms with Crippen LogP contribution in [-0.4, -0.2) is 62.8 Å². The molecule has 13 heteroatoms. The van der Waals surface area contributed by atoms with Crippen LogP contribution in [0.2, 0.25) is 0 Å². The molecule has 0 radical (unpaired) electrons. The summed E-state index contributed by atoms with van der Waals surface area (Å²) >= 11 is 0. The van der Waals surface area contributed by atoms with Crippen LogP contribution in [0.25, 0.3) is 0 Å². The molecule has 0 saturated carbocycles. The van der Waals surface area contributed by atoms with Crippen molar-refractivity contribution in [2.24, 2.45) is 0 Å². The quantitative estimate of drug-likeness (QED) is 0.400. The number of nitrogens with one attached hydrogen (secondary N) is 2. The Morgan fingerprint density at radius 3 is 2.41 bits per heavy atom. The van der Waals surface area contributed by atoms with Gasteiger partial charge in [0.15, 0.2) is 0 Å². The molecule has 1 aromatic carbocycles. The number of sulfonamides is 1. The Kier molecular flexibility index (Phi) is 9.96.